The van der Waals surface area contributed by atoms with Crippen LogP contribution in [0.2, 0.25) is 0 Å². The largest absolute Gasteiger partial charge is 0.496 e. The van der Waals surface area contributed by atoms with Crippen LogP contribution < -0.4 is 4.74 Å². The van der Waals surface area contributed by atoms with Gasteiger partial charge in [0.2, 0.25) is 5.89 Å². The van der Waals surface area contributed by atoms with Gasteiger partial charge in [0.1, 0.15) is 5.75 Å². The van der Waals surface area contributed by atoms with E-state index >= 15 is 0 Å². The molecule has 0 aliphatic heterocycles. The number of alkyl halides is 3. The normalized spacial score (nSPS) is 12.8. The zero-order valence-electron chi connectivity index (χ0n) is 14.7. The molecule has 2 aromatic carbocycles. The van der Waals surface area contributed by atoms with Crippen molar-refractivity contribution in [2.75, 3.05) is 7.11 Å². The van der Waals surface area contributed by atoms with Crippen LogP contribution >= 0.6 is 11.8 Å². The molecule has 0 aliphatic carbocycles. The molecule has 142 valence electrons. The molecule has 0 bridgehead atoms. The third-order valence-electron chi connectivity index (χ3n) is 3.97. The van der Waals surface area contributed by atoms with E-state index in [4.69, 9.17) is 9.15 Å². The fraction of sp³-hybridized carbons (Fsp3) is 0.263. The number of ether oxygens (including phenoxy) is 1. The van der Waals surface area contributed by atoms with Crippen molar-refractivity contribution in [3.63, 3.8) is 0 Å². The molecule has 0 aliphatic rings. The van der Waals surface area contributed by atoms with Crippen molar-refractivity contribution in [1.29, 1.82) is 0 Å². The second-order valence-electron chi connectivity index (χ2n) is 5.83. The Morgan fingerprint density at radius 3 is 2.44 bits per heavy atom. The van der Waals surface area contributed by atoms with Crippen LogP contribution in [0.4, 0.5) is 13.2 Å². The summed E-state index contributed by atoms with van der Waals surface area (Å²) in [6, 6.07) is 12.6. The monoisotopic (exact) mass is 394 g/mol. The Hall–Kier alpha value is -2.48. The standard InChI is InChI=1S/C19H17F3N2O2S/c1-12(13-7-9-15(10-8-13)19(20,21)22)27-18-24-23-17(26-18)11-14-5-3-4-6-16(14)25-2/h3-10,12H,11H2,1-2H3. The molecule has 3 aromatic rings. The van der Waals surface area contributed by atoms with Gasteiger partial charge in [-0.05, 0) is 30.7 Å². The number of hydrogen-bond donors (Lipinski definition) is 0. The number of hydrogen-bond acceptors (Lipinski definition) is 5. The number of rotatable bonds is 6. The molecule has 4 nitrogen and oxygen atoms in total. The molecule has 27 heavy (non-hydrogen) atoms. The van der Waals surface area contributed by atoms with Gasteiger partial charge in [0.15, 0.2) is 0 Å². The predicted octanol–water partition coefficient (Wildman–Crippen LogP) is 5.54. The minimum atomic E-state index is -4.34. The summed E-state index contributed by atoms with van der Waals surface area (Å²) in [6.45, 7) is 1.87. The van der Waals surface area contributed by atoms with E-state index in [0.717, 1.165) is 29.0 Å². The van der Waals surface area contributed by atoms with Gasteiger partial charge in [-0.3, -0.25) is 0 Å². The first-order valence-electron chi connectivity index (χ1n) is 8.15. The minimum Gasteiger partial charge on any atom is -0.496 e. The van der Waals surface area contributed by atoms with Gasteiger partial charge in [-0.25, -0.2) is 0 Å². The van der Waals surface area contributed by atoms with Gasteiger partial charge in [0.05, 0.1) is 19.1 Å². The van der Waals surface area contributed by atoms with Crippen molar-refractivity contribution in [2.24, 2.45) is 0 Å². The predicted molar refractivity (Wildman–Crippen MR) is 95.8 cm³/mol. The highest BCUT2D eigenvalue weighted by Crippen LogP contribution is 2.36. The average molecular weight is 394 g/mol. The summed E-state index contributed by atoms with van der Waals surface area (Å²) in [7, 11) is 1.60. The van der Waals surface area contributed by atoms with Crippen LogP contribution in [0.15, 0.2) is 58.2 Å². The van der Waals surface area contributed by atoms with Gasteiger partial charge in [0, 0.05) is 10.8 Å². The summed E-state index contributed by atoms with van der Waals surface area (Å²) in [6.07, 6.45) is -3.90. The molecule has 1 aromatic heterocycles. The molecule has 0 amide bonds. The fourth-order valence-corrected chi connectivity index (χ4v) is 3.36. The molecule has 0 fully saturated rings. The highest BCUT2D eigenvalue weighted by atomic mass is 32.2. The first-order chi connectivity index (χ1) is 12.9. The summed E-state index contributed by atoms with van der Waals surface area (Å²) in [5.41, 5.74) is 1.01. The first kappa shape index (κ1) is 19.3. The lowest BCUT2D eigenvalue weighted by Crippen LogP contribution is -2.04. The maximum atomic E-state index is 12.7. The Balaban J connectivity index is 1.66. The van der Waals surface area contributed by atoms with Gasteiger partial charge >= 0.3 is 6.18 Å². The molecular weight excluding hydrogens is 377 g/mol. The summed E-state index contributed by atoms with van der Waals surface area (Å²) in [5, 5.41) is 8.29. The van der Waals surface area contributed by atoms with Gasteiger partial charge in [-0.15, -0.1) is 10.2 Å². The Morgan fingerprint density at radius 2 is 1.78 bits per heavy atom. The Kier molecular flexibility index (Phi) is 5.74. The number of methoxy groups -OCH3 is 1. The van der Waals surface area contributed by atoms with E-state index in [-0.39, 0.29) is 5.25 Å². The van der Waals surface area contributed by atoms with Crippen molar-refractivity contribution in [3.8, 4) is 5.75 Å². The molecule has 0 spiro atoms. The molecule has 0 N–H and O–H groups in total. The van der Waals surface area contributed by atoms with Crippen molar-refractivity contribution in [1.82, 2.24) is 10.2 Å². The fourth-order valence-electron chi connectivity index (χ4n) is 2.53. The second-order valence-corrected chi connectivity index (χ2v) is 7.12. The van der Waals surface area contributed by atoms with Crippen LogP contribution in [0, 0.1) is 0 Å². The summed E-state index contributed by atoms with van der Waals surface area (Å²) >= 11 is 1.30. The molecule has 8 heteroatoms. The van der Waals surface area contributed by atoms with Crippen LogP contribution in [0.1, 0.15) is 34.8 Å². The number of halogens is 3. The Bertz CT molecular complexity index is 894. The van der Waals surface area contributed by atoms with Gasteiger partial charge < -0.3 is 9.15 Å². The van der Waals surface area contributed by atoms with Crippen LogP contribution in [0.5, 0.6) is 5.75 Å². The Labute approximate surface area is 158 Å². The average Bonchev–Trinajstić information content (AvgIpc) is 3.08. The van der Waals surface area contributed by atoms with Gasteiger partial charge in [0.25, 0.3) is 5.22 Å². The van der Waals surface area contributed by atoms with Crippen LogP contribution in [-0.4, -0.2) is 17.3 Å². The lowest BCUT2D eigenvalue weighted by molar-refractivity contribution is -0.137. The second kappa shape index (κ2) is 8.04. The van der Waals surface area contributed by atoms with E-state index in [2.05, 4.69) is 10.2 Å². The molecule has 1 heterocycles. The minimum absolute atomic E-state index is 0.133. The van der Waals surface area contributed by atoms with Gasteiger partial charge in [-0.2, -0.15) is 13.2 Å². The lowest BCUT2D eigenvalue weighted by Gasteiger charge is -2.11. The molecule has 3 rings (SSSR count). The van der Waals surface area contributed by atoms with Crippen molar-refractivity contribution in [2.45, 2.75) is 30.0 Å². The van der Waals surface area contributed by atoms with E-state index in [0.29, 0.717) is 17.5 Å². The van der Waals surface area contributed by atoms with Gasteiger partial charge in [-0.1, -0.05) is 42.1 Å². The molecule has 1 unspecified atom stereocenters. The van der Waals surface area contributed by atoms with Crippen LogP contribution in [0.3, 0.4) is 0 Å². The van der Waals surface area contributed by atoms with Crippen molar-refractivity contribution >= 4 is 11.8 Å². The smallest absolute Gasteiger partial charge is 0.416 e. The molecular formula is C19H17F3N2O2S. The molecule has 0 saturated carbocycles. The summed E-state index contributed by atoms with van der Waals surface area (Å²) < 4.78 is 48.9. The highest BCUT2D eigenvalue weighted by Gasteiger charge is 2.30. The highest BCUT2D eigenvalue weighted by molar-refractivity contribution is 7.99. The first-order valence-corrected chi connectivity index (χ1v) is 9.03. The zero-order valence-corrected chi connectivity index (χ0v) is 15.5. The molecule has 0 saturated heterocycles. The van der Waals surface area contributed by atoms with Crippen LogP contribution in [0.25, 0.3) is 0 Å². The van der Waals surface area contributed by atoms with E-state index in [9.17, 15) is 13.2 Å². The van der Waals surface area contributed by atoms with Crippen molar-refractivity contribution < 1.29 is 22.3 Å². The maximum absolute atomic E-state index is 12.7. The number of thioether (sulfide) groups is 1. The zero-order chi connectivity index (χ0) is 19.4. The van der Waals surface area contributed by atoms with E-state index < -0.39 is 11.7 Å². The van der Waals surface area contributed by atoms with Crippen molar-refractivity contribution in [3.05, 3.63) is 71.1 Å². The number of aromatic nitrogens is 2. The Morgan fingerprint density at radius 1 is 1.07 bits per heavy atom. The summed E-state index contributed by atoms with van der Waals surface area (Å²) in [5.74, 6) is 1.18. The molecule has 1 atom stereocenters. The third kappa shape index (κ3) is 4.82. The van der Waals surface area contributed by atoms with E-state index in [1.165, 1.54) is 23.9 Å². The number of nitrogens with zero attached hydrogens (tertiary/aromatic N) is 2. The number of para-hydroxylation sites is 1. The topological polar surface area (TPSA) is 48.2 Å². The third-order valence-corrected chi connectivity index (χ3v) is 4.96. The maximum Gasteiger partial charge on any atom is 0.416 e. The van der Waals surface area contributed by atoms with E-state index in [1.807, 2.05) is 31.2 Å². The van der Waals surface area contributed by atoms with E-state index in [1.54, 1.807) is 7.11 Å². The lowest BCUT2D eigenvalue weighted by atomic mass is 10.1. The van der Waals surface area contributed by atoms with Crippen LogP contribution in [-0.2, 0) is 12.6 Å². The SMILES string of the molecule is COc1ccccc1Cc1nnc(SC(C)c2ccc(C(F)(F)F)cc2)o1. The quantitative estimate of drug-likeness (QED) is 0.514. The number of benzene rings is 2. The summed E-state index contributed by atoms with van der Waals surface area (Å²) in [4.78, 5) is 0. The molecule has 0 radical (unpaired) electrons.